The zero-order valence-corrected chi connectivity index (χ0v) is 13.9. The predicted molar refractivity (Wildman–Crippen MR) is 88.6 cm³/mol. The van der Waals surface area contributed by atoms with Crippen molar-refractivity contribution in [3.8, 4) is 0 Å². The lowest BCUT2D eigenvalue weighted by Gasteiger charge is -2.08. The van der Waals surface area contributed by atoms with Crippen LogP contribution in [0.15, 0.2) is 17.6 Å². The summed E-state index contributed by atoms with van der Waals surface area (Å²) >= 11 is 2.95. The van der Waals surface area contributed by atoms with Gasteiger partial charge in [-0.1, -0.05) is 13.8 Å². The number of hydrogen-bond donors (Lipinski definition) is 2. The minimum Gasteiger partial charge on any atom is -0.354 e. The van der Waals surface area contributed by atoms with Gasteiger partial charge in [0.05, 0.1) is 10.4 Å². The Bertz CT molecular complexity index is 830. The maximum Gasteiger partial charge on any atom is 0.261 e. The summed E-state index contributed by atoms with van der Waals surface area (Å²) < 4.78 is 1.98. The van der Waals surface area contributed by atoms with Crippen molar-refractivity contribution in [3.63, 3.8) is 0 Å². The first kappa shape index (κ1) is 15.0. The van der Waals surface area contributed by atoms with Crippen LogP contribution < -0.4 is 10.6 Å². The second kappa shape index (κ2) is 6.05. The van der Waals surface area contributed by atoms with Gasteiger partial charge in [-0.05, 0) is 6.07 Å². The highest BCUT2D eigenvalue weighted by molar-refractivity contribution is 7.21. The van der Waals surface area contributed by atoms with E-state index in [2.05, 4.69) is 15.6 Å². The van der Waals surface area contributed by atoms with Crippen LogP contribution in [-0.2, 0) is 4.79 Å². The van der Waals surface area contributed by atoms with Gasteiger partial charge in [0.1, 0.15) is 4.83 Å². The maximum absolute atomic E-state index is 12.1. The van der Waals surface area contributed by atoms with Gasteiger partial charge < -0.3 is 10.6 Å². The number of amides is 2. The second-order valence-corrected chi connectivity index (χ2v) is 7.07. The molecule has 2 N–H and O–H groups in total. The fourth-order valence-electron chi connectivity index (χ4n) is 2.01. The van der Waals surface area contributed by atoms with Crippen LogP contribution in [0.25, 0.3) is 15.3 Å². The standard InChI is InChI=1S/C14H16N4O2S2/c1-8(2)11(19)15-3-4-16-12(20)10-7-9-13(22-10)17-14-18(9)5-6-21-14/h5-8H,3-4H2,1-2H3,(H,15,19)(H,16,20). The number of thiophene rings is 1. The van der Waals surface area contributed by atoms with Gasteiger partial charge in [-0.2, -0.15) is 0 Å². The summed E-state index contributed by atoms with van der Waals surface area (Å²) in [6, 6.07) is 1.86. The maximum atomic E-state index is 12.1. The van der Waals surface area contributed by atoms with Crippen LogP contribution in [0, 0.1) is 5.92 Å². The summed E-state index contributed by atoms with van der Waals surface area (Å²) in [4.78, 5) is 30.4. The van der Waals surface area contributed by atoms with E-state index in [-0.39, 0.29) is 17.7 Å². The Labute approximate surface area is 135 Å². The molecule has 3 heterocycles. The summed E-state index contributed by atoms with van der Waals surface area (Å²) in [7, 11) is 0. The third-order valence-corrected chi connectivity index (χ3v) is 4.97. The first-order chi connectivity index (χ1) is 10.6. The third-order valence-electron chi connectivity index (χ3n) is 3.20. The Morgan fingerprint density at radius 3 is 2.86 bits per heavy atom. The molecule has 0 saturated heterocycles. The first-order valence-electron chi connectivity index (χ1n) is 6.97. The molecule has 0 atom stereocenters. The van der Waals surface area contributed by atoms with Crippen molar-refractivity contribution in [3.05, 3.63) is 22.5 Å². The van der Waals surface area contributed by atoms with E-state index in [4.69, 9.17) is 0 Å². The highest BCUT2D eigenvalue weighted by atomic mass is 32.1. The number of rotatable bonds is 5. The molecule has 0 fully saturated rings. The lowest BCUT2D eigenvalue weighted by molar-refractivity contribution is -0.123. The van der Waals surface area contributed by atoms with E-state index in [0.717, 1.165) is 15.3 Å². The summed E-state index contributed by atoms with van der Waals surface area (Å²) in [5.41, 5.74) is 0.958. The van der Waals surface area contributed by atoms with Gasteiger partial charge >= 0.3 is 0 Å². The molecule has 0 aliphatic rings. The number of nitrogens with zero attached hydrogens (tertiary/aromatic N) is 2. The summed E-state index contributed by atoms with van der Waals surface area (Å²) in [5, 5.41) is 7.54. The van der Waals surface area contributed by atoms with E-state index in [0.29, 0.717) is 18.0 Å². The Morgan fingerprint density at radius 1 is 1.32 bits per heavy atom. The van der Waals surface area contributed by atoms with Crippen molar-refractivity contribution >= 4 is 49.8 Å². The van der Waals surface area contributed by atoms with Crippen LogP contribution in [0.1, 0.15) is 23.5 Å². The van der Waals surface area contributed by atoms with Crippen LogP contribution in [0.4, 0.5) is 0 Å². The molecule has 8 heteroatoms. The molecule has 116 valence electrons. The average molecular weight is 336 g/mol. The van der Waals surface area contributed by atoms with Gasteiger partial charge in [0.25, 0.3) is 5.91 Å². The largest absolute Gasteiger partial charge is 0.354 e. The van der Waals surface area contributed by atoms with Gasteiger partial charge in [-0.3, -0.25) is 14.0 Å². The summed E-state index contributed by atoms with van der Waals surface area (Å²) in [6.07, 6.45) is 1.95. The molecular formula is C14H16N4O2S2. The van der Waals surface area contributed by atoms with Crippen molar-refractivity contribution in [2.75, 3.05) is 13.1 Å². The normalized spacial score (nSPS) is 11.4. The lowest BCUT2D eigenvalue weighted by Crippen LogP contribution is -2.36. The molecule has 0 aromatic carbocycles. The van der Waals surface area contributed by atoms with Crippen LogP contribution in [-0.4, -0.2) is 34.3 Å². The topological polar surface area (TPSA) is 75.5 Å². The molecule has 0 spiro atoms. The number of nitrogens with one attached hydrogen (secondary N) is 2. The van der Waals surface area contributed by atoms with Crippen molar-refractivity contribution in [2.45, 2.75) is 13.8 Å². The fourth-order valence-corrected chi connectivity index (χ4v) is 3.73. The first-order valence-corrected chi connectivity index (χ1v) is 8.67. The molecule has 0 unspecified atom stereocenters. The second-order valence-electron chi connectivity index (χ2n) is 5.17. The van der Waals surface area contributed by atoms with E-state index in [1.807, 2.05) is 35.9 Å². The minimum absolute atomic E-state index is 0.00969. The number of aromatic nitrogens is 2. The van der Waals surface area contributed by atoms with Gasteiger partial charge in [0.2, 0.25) is 5.91 Å². The lowest BCUT2D eigenvalue weighted by atomic mass is 10.2. The molecule has 0 aliphatic heterocycles. The zero-order valence-electron chi connectivity index (χ0n) is 12.3. The molecule has 2 amide bonds. The fraction of sp³-hybridized carbons (Fsp3) is 0.357. The predicted octanol–water partition coefficient (Wildman–Crippen LogP) is 2.11. The van der Waals surface area contributed by atoms with E-state index >= 15 is 0 Å². The van der Waals surface area contributed by atoms with Gasteiger partial charge in [0, 0.05) is 30.6 Å². The van der Waals surface area contributed by atoms with Gasteiger partial charge in [-0.25, -0.2) is 4.98 Å². The molecule has 6 nitrogen and oxygen atoms in total. The SMILES string of the molecule is CC(C)C(=O)NCCNC(=O)c1cc2c(nc3sccn32)s1. The molecule has 3 aromatic heterocycles. The smallest absolute Gasteiger partial charge is 0.261 e. The van der Waals surface area contributed by atoms with Crippen molar-refractivity contribution in [1.29, 1.82) is 0 Å². The molecule has 0 aliphatic carbocycles. The number of hydrogen-bond acceptors (Lipinski definition) is 5. The molecule has 22 heavy (non-hydrogen) atoms. The Hall–Kier alpha value is -1.93. The van der Waals surface area contributed by atoms with E-state index < -0.39 is 0 Å². The highest BCUT2D eigenvalue weighted by Gasteiger charge is 2.14. The third kappa shape index (κ3) is 2.84. The van der Waals surface area contributed by atoms with Crippen molar-refractivity contribution < 1.29 is 9.59 Å². The number of thiazole rings is 1. The number of carbonyl (C=O) groups excluding carboxylic acids is 2. The molecule has 3 aromatic rings. The molecule has 0 saturated carbocycles. The van der Waals surface area contributed by atoms with Crippen LogP contribution in [0.5, 0.6) is 0 Å². The summed E-state index contributed by atoms with van der Waals surface area (Å²) in [5.74, 6) is -0.190. The number of fused-ring (bicyclic) bond motifs is 3. The van der Waals surface area contributed by atoms with Gasteiger partial charge in [0.15, 0.2) is 4.96 Å². The van der Waals surface area contributed by atoms with E-state index in [9.17, 15) is 9.59 Å². The molecular weight excluding hydrogens is 320 g/mol. The molecule has 0 bridgehead atoms. The quantitative estimate of drug-likeness (QED) is 0.701. The number of carbonyl (C=O) groups is 2. The average Bonchev–Trinajstić information content (AvgIpc) is 3.13. The van der Waals surface area contributed by atoms with Crippen molar-refractivity contribution in [2.24, 2.45) is 5.92 Å². The molecule has 0 radical (unpaired) electrons. The van der Waals surface area contributed by atoms with Crippen molar-refractivity contribution in [1.82, 2.24) is 20.0 Å². The van der Waals surface area contributed by atoms with E-state index in [1.165, 1.54) is 11.3 Å². The van der Waals surface area contributed by atoms with Gasteiger partial charge in [-0.15, -0.1) is 22.7 Å². The van der Waals surface area contributed by atoms with Crippen LogP contribution >= 0.6 is 22.7 Å². The highest BCUT2D eigenvalue weighted by Crippen LogP contribution is 2.28. The zero-order chi connectivity index (χ0) is 15.7. The Kier molecular flexibility index (Phi) is 4.12. The summed E-state index contributed by atoms with van der Waals surface area (Å²) in [6.45, 7) is 4.51. The van der Waals surface area contributed by atoms with Crippen LogP contribution in [0.2, 0.25) is 0 Å². The minimum atomic E-state index is -0.134. The Morgan fingerprint density at radius 2 is 2.09 bits per heavy atom. The number of imidazole rings is 1. The van der Waals surface area contributed by atoms with E-state index in [1.54, 1.807) is 11.3 Å². The monoisotopic (exact) mass is 336 g/mol. The Balaban J connectivity index is 1.60. The molecule has 3 rings (SSSR count). The van der Waals surface area contributed by atoms with Crippen LogP contribution in [0.3, 0.4) is 0 Å².